The number of likely N-dealkylation sites (tertiary alicyclic amines) is 1. The third kappa shape index (κ3) is 3.48. The topological polar surface area (TPSA) is 66.8 Å². The Bertz CT molecular complexity index is 1250. The van der Waals surface area contributed by atoms with Crippen molar-refractivity contribution < 1.29 is 13.6 Å². The van der Waals surface area contributed by atoms with Gasteiger partial charge in [-0.15, -0.1) is 0 Å². The molecule has 0 unspecified atom stereocenters. The summed E-state index contributed by atoms with van der Waals surface area (Å²) in [6.07, 6.45) is 8.20. The minimum Gasteiger partial charge on any atom is -0.346 e. The Hall–Kier alpha value is -3.55. The Labute approximate surface area is 177 Å². The summed E-state index contributed by atoms with van der Waals surface area (Å²) in [4.78, 5) is 19.0. The van der Waals surface area contributed by atoms with Crippen LogP contribution in [-0.2, 0) is 6.54 Å². The minimum absolute atomic E-state index is 0.0483. The molecule has 0 bridgehead atoms. The van der Waals surface area contributed by atoms with Crippen LogP contribution in [0.25, 0.3) is 22.2 Å². The molecule has 1 saturated heterocycles. The average molecular weight is 421 g/mol. The second kappa shape index (κ2) is 7.61. The van der Waals surface area contributed by atoms with Gasteiger partial charge in [0.25, 0.3) is 5.91 Å². The predicted molar refractivity (Wildman–Crippen MR) is 112 cm³/mol. The van der Waals surface area contributed by atoms with E-state index in [0.717, 1.165) is 41.2 Å². The molecule has 0 spiro atoms. The monoisotopic (exact) mass is 421 g/mol. The maximum absolute atomic E-state index is 14.1. The molecule has 4 aromatic rings. The van der Waals surface area contributed by atoms with Crippen LogP contribution in [0.2, 0.25) is 0 Å². The normalized spacial score (nSPS) is 18.7. The lowest BCUT2D eigenvalue weighted by Gasteiger charge is -2.22. The van der Waals surface area contributed by atoms with Crippen molar-refractivity contribution in [2.24, 2.45) is 5.92 Å². The number of pyridine rings is 1. The van der Waals surface area contributed by atoms with Gasteiger partial charge in [0, 0.05) is 42.5 Å². The van der Waals surface area contributed by atoms with E-state index in [1.165, 1.54) is 12.1 Å². The number of H-pyrrole nitrogens is 1. The van der Waals surface area contributed by atoms with Crippen LogP contribution >= 0.6 is 0 Å². The molecule has 1 fully saturated rings. The molecule has 1 N–H and O–H groups in total. The van der Waals surface area contributed by atoms with Gasteiger partial charge in [0.15, 0.2) is 11.6 Å². The molecule has 2 atom stereocenters. The van der Waals surface area contributed by atoms with Crippen LogP contribution in [0.15, 0.2) is 55.1 Å². The highest BCUT2D eigenvalue weighted by molar-refractivity contribution is 5.95. The molecule has 4 heterocycles. The molecule has 1 amide bonds. The van der Waals surface area contributed by atoms with Crippen LogP contribution < -0.4 is 0 Å². The number of aromatic nitrogens is 4. The van der Waals surface area contributed by atoms with Crippen molar-refractivity contribution in [2.75, 3.05) is 6.54 Å². The molecule has 5 rings (SSSR count). The number of amides is 1. The quantitative estimate of drug-likeness (QED) is 0.536. The number of fused-ring (bicyclic) bond motifs is 1. The summed E-state index contributed by atoms with van der Waals surface area (Å²) < 4.78 is 29.8. The molecule has 0 aliphatic carbocycles. The molecular formula is C23H21F2N5O. The first-order chi connectivity index (χ1) is 15.0. The number of carbonyl (C=O) groups is 1. The van der Waals surface area contributed by atoms with Crippen molar-refractivity contribution in [3.8, 4) is 11.3 Å². The number of rotatable bonds is 4. The molecule has 158 valence electrons. The highest BCUT2D eigenvalue weighted by atomic mass is 19.2. The summed E-state index contributed by atoms with van der Waals surface area (Å²) in [5.41, 5.74) is 2.58. The molecule has 6 nitrogen and oxygen atoms in total. The van der Waals surface area contributed by atoms with E-state index < -0.39 is 17.5 Å². The van der Waals surface area contributed by atoms with Gasteiger partial charge in [0.05, 0.1) is 29.2 Å². The number of nitrogens with zero attached hydrogens (tertiary/aromatic N) is 4. The number of benzene rings is 1. The zero-order valence-electron chi connectivity index (χ0n) is 16.9. The maximum atomic E-state index is 14.1. The van der Waals surface area contributed by atoms with Crippen LogP contribution in [0.4, 0.5) is 8.78 Å². The summed E-state index contributed by atoms with van der Waals surface area (Å²) in [6.45, 7) is 3.16. The number of nitrogens with one attached hydrogen (secondary N) is 1. The zero-order valence-corrected chi connectivity index (χ0v) is 16.9. The Balaban J connectivity index is 1.34. The number of hydrogen-bond donors (Lipinski definition) is 1. The second-order valence-electron chi connectivity index (χ2n) is 8.09. The van der Waals surface area contributed by atoms with Gasteiger partial charge in [-0.1, -0.05) is 6.07 Å². The second-order valence-corrected chi connectivity index (χ2v) is 8.09. The van der Waals surface area contributed by atoms with Crippen LogP contribution in [0.1, 0.15) is 23.7 Å². The van der Waals surface area contributed by atoms with E-state index in [4.69, 9.17) is 0 Å². The van der Waals surface area contributed by atoms with Gasteiger partial charge in [-0.3, -0.25) is 14.9 Å². The molecule has 31 heavy (non-hydrogen) atoms. The van der Waals surface area contributed by atoms with Crippen LogP contribution in [0, 0.1) is 17.6 Å². The molecule has 8 heteroatoms. The summed E-state index contributed by atoms with van der Waals surface area (Å²) >= 11 is 0. The van der Waals surface area contributed by atoms with Gasteiger partial charge in [-0.2, -0.15) is 5.10 Å². The van der Waals surface area contributed by atoms with Crippen molar-refractivity contribution in [2.45, 2.75) is 25.9 Å². The van der Waals surface area contributed by atoms with Gasteiger partial charge < -0.3 is 9.47 Å². The standard InChI is InChI=1S/C23H21F2N5O/c1-14-7-15(13-30(14)23(31)18-3-2-4-19(24)22(18)25)12-29-6-5-16-8-20(26-11-21(16)29)17-9-27-28-10-17/h2-6,8-11,14-15H,7,12-13H2,1H3,(H,27,28)/t14-,15-/m1/s1. The van der Waals surface area contributed by atoms with Crippen molar-refractivity contribution in [3.63, 3.8) is 0 Å². The molecule has 3 aromatic heterocycles. The van der Waals surface area contributed by atoms with Crippen molar-refractivity contribution in [1.82, 2.24) is 24.6 Å². The molecular weight excluding hydrogens is 400 g/mol. The zero-order chi connectivity index (χ0) is 21.5. The molecule has 0 radical (unpaired) electrons. The smallest absolute Gasteiger partial charge is 0.257 e. The Morgan fingerprint density at radius 2 is 2.13 bits per heavy atom. The minimum atomic E-state index is -1.08. The van der Waals surface area contributed by atoms with Crippen molar-refractivity contribution >= 4 is 16.8 Å². The van der Waals surface area contributed by atoms with E-state index in [2.05, 4.69) is 19.7 Å². The van der Waals surface area contributed by atoms with E-state index in [1.807, 2.05) is 31.5 Å². The largest absolute Gasteiger partial charge is 0.346 e. The van der Waals surface area contributed by atoms with Crippen LogP contribution in [0.3, 0.4) is 0 Å². The van der Waals surface area contributed by atoms with Crippen LogP contribution in [-0.4, -0.2) is 43.1 Å². The van der Waals surface area contributed by atoms with Crippen molar-refractivity contribution in [3.05, 3.63) is 72.3 Å². The first-order valence-electron chi connectivity index (χ1n) is 10.2. The lowest BCUT2D eigenvalue weighted by molar-refractivity contribution is 0.0736. The lowest BCUT2D eigenvalue weighted by Crippen LogP contribution is -2.34. The molecule has 1 aliphatic heterocycles. The maximum Gasteiger partial charge on any atom is 0.257 e. The van der Waals surface area contributed by atoms with Gasteiger partial charge in [-0.25, -0.2) is 8.78 Å². The average Bonchev–Trinajstić information content (AvgIpc) is 3.50. The van der Waals surface area contributed by atoms with Gasteiger partial charge in [-0.05, 0) is 43.5 Å². The number of carbonyl (C=O) groups excluding carboxylic acids is 1. The third-order valence-electron chi connectivity index (χ3n) is 6.01. The summed E-state index contributed by atoms with van der Waals surface area (Å²) in [5, 5.41) is 7.84. The fraction of sp³-hybridized carbons (Fsp3) is 0.261. The van der Waals surface area contributed by atoms with E-state index in [9.17, 15) is 13.6 Å². The SMILES string of the molecule is C[C@@H]1C[C@H](Cn2ccc3cc(-c4cn[nH]c4)ncc32)CN1C(=O)c1cccc(F)c1F. The first kappa shape index (κ1) is 19.4. The summed E-state index contributed by atoms with van der Waals surface area (Å²) in [5.74, 6) is -2.34. The van der Waals surface area contributed by atoms with Crippen molar-refractivity contribution in [1.29, 1.82) is 0 Å². The van der Waals surface area contributed by atoms with E-state index >= 15 is 0 Å². The highest BCUT2D eigenvalue weighted by Crippen LogP contribution is 2.29. The molecule has 1 aliphatic rings. The Kier molecular flexibility index (Phi) is 4.77. The molecule has 1 aromatic carbocycles. The van der Waals surface area contributed by atoms with Crippen LogP contribution in [0.5, 0.6) is 0 Å². The first-order valence-corrected chi connectivity index (χ1v) is 10.2. The van der Waals surface area contributed by atoms with E-state index in [1.54, 1.807) is 17.3 Å². The van der Waals surface area contributed by atoms with E-state index in [0.29, 0.717) is 6.54 Å². The number of hydrogen-bond acceptors (Lipinski definition) is 3. The highest BCUT2D eigenvalue weighted by Gasteiger charge is 2.34. The Morgan fingerprint density at radius 3 is 2.94 bits per heavy atom. The summed E-state index contributed by atoms with van der Waals surface area (Å²) in [7, 11) is 0. The fourth-order valence-electron chi connectivity index (χ4n) is 4.46. The summed E-state index contributed by atoms with van der Waals surface area (Å²) in [6, 6.07) is 7.74. The van der Waals surface area contributed by atoms with Gasteiger partial charge in [0.1, 0.15) is 0 Å². The number of aromatic amines is 1. The van der Waals surface area contributed by atoms with E-state index in [-0.39, 0.29) is 17.5 Å². The fourth-order valence-corrected chi connectivity index (χ4v) is 4.46. The predicted octanol–water partition coefficient (Wildman–Crippen LogP) is 4.26. The number of halogens is 2. The molecule has 0 saturated carbocycles. The van der Waals surface area contributed by atoms with Gasteiger partial charge >= 0.3 is 0 Å². The third-order valence-corrected chi connectivity index (χ3v) is 6.01. The Morgan fingerprint density at radius 1 is 1.26 bits per heavy atom. The lowest BCUT2D eigenvalue weighted by atomic mass is 10.1. The van der Waals surface area contributed by atoms with Gasteiger partial charge in [0.2, 0.25) is 0 Å².